The predicted molar refractivity (Wildman–Crippen MR) is 75.0 cm³/mol. The highest BCUT2D eigenvalue weighted by molar-refractivity contribution is 5.77. The van der Waals surface area contributed by atoms with Gasteiger partial charge in [0.15, 0.2) is 6.61 Å². The first-order valence-electron chi connectivity index (χ1n) is 6.59. The van der Waals surface area contributed by atoms with Gasteiger partial charge in [0.25, 0.3) is 5.91 Å². The van der Waals surface area contributed by atoms with Gasteiger partial charge in [-0.3, -0.25) is 4.79 Å². The Balaban J connectivity index is 1.96. The minimum Gasteiger partial charge on any atom is -0.484 e. The lowest BCUT2D eigenvalue weighted by Gasteiger charge is -2.22. The van der Waals surface area contributed by atoms with Crippen molar-refractivity contribution in [2.24, 2.45) is 5.73 Å². The lowest BCUT2D eigenvalue weighted by Crippen LogP contribution is -2.28. The average molecular weight is 260 g/mol. The van der Waals surface area contributed by atoms with E-state index in [1.54, 1.807) is 6.08 Å². The number of aryl methyl sites for hydroxylation is 1. The Kier molecular flexibility index (Phi) is 4.58. The molecule has 1 amide bonds. The number of hydrogen-bond donors (Lipinski definition) is 2. The fourth-order valence-corrected chi connectivity index (χ4v) is 2.29. The quantitative estimate of drug-likeness (QED) is 0.792. The second-order valence-electron chi connectivity index (χ2n) is 4.74. The molecule has 0 heterocycles. The van der Waals surface area contributed by atoms with Crippen LogP contribution in [0.15, 0.2) is 30.9 Å². The maximum Gasteiger partial charge on any atom is 0.258 e. The van der Waals surface area contributed by atoms with Crippen LogP contribution >= 0.6 is 0 Å². The van der Waals surface area contributed by atoms with E-state index in [0.29, 0.717) is 12.3 Å². The summed E-state index contributed by atoms with van der Waals surface area (Å²) in [4.78, 5) is 11.4. The molecule has 0 saturated carbocycles. The summed E-state index contributed by atoms with van der Waals surface area (Å²) in [5.74, 6) is 0.548. The SMILES string of the molecule is C=CCNC(=O)COc1ccc2c(c1)C(N)CCC2. The molecule has 3 N–H and O–H groups in total. The van der Waals surface area contributed by atoms with Crippen LogP contribution in [0.3, 0.4) is 0 Å². The number of nitrogens with one attached hydrogen (secondary N) is 1. The Hall–Kier alpha value is -1.81. The molecule has 0 bridgehead atoms. The van der Waals surface area contributed by atoms with Crippen molar-refractivity contribution in [2.45, 2.75) is 25.3 Å². The van der Waals surface area contributed by atoms with Crippen molar-refractivity contribution in [3.63, 3.8) is 0 Å². The van der Waals surface area contributed by atoms with Crippen LogP contribution in [0, 0.1) is 0 Å². The Labute approximate surface area is 113 Å². The topological polar surface area (TPSA) is 64.3 Å². The second-order valence-corrected chi connectivity index (χ2v) is 4.74. The lowest BCUT2D eigenvalue weighted by molar-refractivity contribution is -0.122. The van der Waals surface area contributed by atoms with E-state index < -0.39 is 0 Å². The van der Waals surface area contributed by atoms with E-state index in [-0.39, 0.29) is 18.6 Å². The Morgan fingerprint density at radius 3 is 3.21 bits per heavy atom. The van der Waals surface area contributed by atoms with E-state index in [1.165, 1.54) is 5.56 Å². The van der Waals surface area contributed by atoms with Crippen LogP contribution in [-0.4, -0.2) is 19.1 Å². The summed E-state index contributed by atoms with van der Waals surface area (Å²) in [6.07, 6.45) is 4.85. The largest absolute Gasteiger partial charge is 0.484 e. The van der Waals surface area contributed by atoms with Crippen molar-refractivity contribution in [3.8, 4) is 5.75 Å². The zero-order valence-corrected chi connectivity index (χ0v) is 11.0. The van der Waals surface area contributed by atoms with Gasteiger partial charge >= 0.3 is 0 Å². The number of carbonyl (C=O) groups is 1. The minimum absolute atomic E-state index is 0.0157. The zero-order valence-electron chi connectivity index (χ0n) is 11.0. The van der Waals surface area contributed by atoms with Gasteiger partial charge in [0, 0.05) is 12.6 Å². The molecule has 4 heteroatoms. The number of carbonyl (C=O) groups excluding carboxylic acids is 1. The van der Waals surface area contributed by atoms with Crippen LogP contribution in [0.2, 0.25) is 0 Å². The average Bonchev–Trinajstić information content (AvgIpc) is 2.43. The highest BCUT2D eigenvalue weighted by Gasteiger charge is 2.17. The Morgan fingerprint density at radius 2 is 2.42 bits per heavy atom. The van der Waals surface area contributed by atoms with Gasteiger partial charge < -0.3 is 15.8 Å². The summed E-state index contributed by atoms with van der Waals surface area (Å²) in [7, 11) is 0. The van der Waals surface area contributed by atoms with Crippen LogP contribution in [0.5, 0.6) is 5.75 Å². The van der Waals surface area contributed by atoms with Crippen molar-refractivity contribution in [3.05, 3.63) is 42.0 Å². The van der Waals surface area contributed by atoms with Gasteiger partial charge in [-0.2, -0.15) is 0 Å². The van der Waals surface area contributed by atoms with Crippen molar-refractivity contribution in [2.75, 3.05) is 13.2 Å². The molecule has 0 spiro atoms. The highest BCUT2D eigenvalue weighted by Crippen LogP contribution is 2.30. The molecule has 0 fully saturated rings. The molecule has 2 rings (SSSR count). The molecule has 1 aliphatic rings. The summed E-state index contributed by atoms with van der Waals surface area (Å²) in [5.41, 5.74) is 8.53. The number of ether oxygens (including phenoxy) is 1. The molecular formula is C15H20N2O2. The molecule has 1 aliphatic carbocycles. The summed E-state index contributed by atoms with van der Waals surface area (Å²) in [6, 6.07) is 5.99. The minimum atomic E-state index is -0.151. The van der Waals surface area contributed by atoms with E-state index in [1.807, 2.05) is 18.2 Å². The van der Waals surface area contributed by atoms with Crippen LogP contribution in [-0.2, 0) is 11.2 Å². The van der Waals surface area contributed by atoms with Crippen LogP contribution in [0.25, 0.3) is 0 Å². The van der Waals surface area contributed by atoms with Gasteiger partial charge in [-0.1, -0.05) is 12.1 Å². The molecule has 0 aliphatic heterocycles. The monoisotopic (exact) mass is 260 g/mol. The molecule has 0 radical (unpaired) electrons. The molecule has 0 saturated heterocycles. The van der Waals surface area contributed by atoms with Gasteiger partial charge in [0.2, 0.25) is 0 Å². The fourth-order valence-electron chi connectivity index (χ4n) is 2.29. The number of hydrogen-bond acceptors (Lipinski definition) is 3. The number of rotatable bonds is 5. The van der Waals surface area contributed by atoms with Crippen LogP contribution in [0.4, 0.5) is 0 Å². The third kappa shape index (κ3) is 3.58. The van der Waals surface area contributed by atoms with Gasteiger partial charge in [-0.25, -0.2) is 0 Å². The van der Waals surface area contributed by atoms with E-state index in [2.05, 4.69) is 11.9 Å². The van der Waals surface area contributed by atoms with Gasteiger partial charge in [0.05, 0.1) is 0 Å². The first-order valence-corrected chi connectivity index (χ1v) is 6.59. The summed E-state index contributed by atoms with van der Waals surface area (Å²) in [5, 5.41) is 2.67. The van der Waals surface area contributed by atoms with Gasteiger partial charge in [-0.15, -0.1) is 6.58 Å². The molecule has 1 aromatic rings. The van der Waals surface area contributed by atoms with Crippen molar-refractivity contribution < 1.29 is 9.53 Å². The molecular weight excluding hydrogens is 240 g/mol. The smallest absolute Gasteiger partial charge is 0.258 e. The molecule has 1 unspecified atom stereocenters. The summed E-state index contributed by atoms with van der Waals surface area (Å²) in [6.45, 7) is 4.01. The Morgan fingerprint density at radius 1 is 1.58 bits per heavy atom. The molecule has 1 atom stereocenters. The predicted octanol–water partition coefficient (Wildman–Crippen LogP) is 1.70. The first-order chi connectivity index (χ1) is 9.20. The molecule has 1 aromatic carbocycles. The van der Waals surface area contributed by atoms with E-state index in [0.717, 1.165) is 24.8 Å². The van der Waals surface area contributed by atoms with Gasteiger partial charge in [0.1, 0.15) is 5.75 Å². The molecule has 102 valence electrons. The Bertz CT molecular complexity index is 471. The standard InChI is InChI=1S/C15H20N2O2/c1-2-8-17-15(18)10-19-12-7-6-11-4-3-5-14(16)13(11)9-12/h2,6-7,9,14H,1,3-5,8,10,16H2,(H,17,18). The number of amides is 1. The highest BCUT2D eigenvalue weighted by atomic mass is 16.5. The van der Waals surface area contributed by atoms with E-state index in [4.69, 9.17) is 10.5 Å². The fraction of sp³-hybridized carbons (Fsp3) is 0.400. The summed E-state index contributed by atoms with van der Waals surface area (Å²) < 4.78 is 5.48. The number of nitrogens with two attached hydrogens (primary N) is 1. The lowest BCUT2D eigenvalue weighted by atomic mass is 9.88. The molecule has 19 heavy (non-hydrogen) atoms. The van der Waals surface area contributed by atoms with Crippen molar-refractivity contribution in [1.82, 2.24) is 5.32 Å². The second kappa shape index (κ2) is 6.38. The van der Waals surface area contributed by atoms with E-state index in [9.17, 15) is 4.79 Å². The van der Waals surface area contributed by atoms with Crippen LogP contribution in [0.1, 0.15) is 30.0 Å². The number of benzene rings is 1. The first kappa shape index (κ1) is 13.6. The van der Waals surface area contributed by atoms with Crippen molar-refractivity contribution in [1.29, 1.82) is 0 Å². The maximum absolute atomic E-state index is 11.4. The molecule has 0 aromatic heterocycles. The maximum atomic E-state index is 11.4. The summed E-state index contributed by atoms with van der Waals surface area (Å²) >= 11 is 0. The molecule has 4 nitrogen and oxygen atoms in total. The third-order valence-corrected chi connectivity index (χ3v) is 3.29. The third-order valence-electron chi connectivity index (χ3n) is 3.29. The van der Waals surface area contributed by atoms with E-state index >= 15 is 0 Å². The normalized spacial score (nSPS) is 17.4. The zero-order chi connectivity index (χ0) is 13.7. The van der Waals surface area contributed by atoms with Crippen LogP contribution < -0.4 is 15.8 Å². The number of fused-ring (bicyclic) bond motifs is 1. The van der Waals surface area contributed by atoms with Gasteiger partial charge in [-0.05, 0) is 42.5 Å². The van der Waals surface area contributed by atoms with Crippen molar-refractivity contribution >= 4 is 5.91 Å².